The Morgan fingerprint density at radius 2 is 2.03 bits per heavy atom. The first kappa shape index (κ1) is 20.6. The zero-order valence-corrected chi connectivity index (χ0v) is 18.6. The van der Waals surface area contributed by atoms with E-state index in [0.29, 0.717) is 22.2 Å². The fourth-order valence-corrected chi connectivity index (χ4v) is 3.96. The third-order valence-electron chi connectivity index (χ3n) is 4.23. The summed E-state index contributed by atoms with van der Waals surface area (Å²) in [6.45, 7) is 2.03. The Kier molecular flexibility index (Phi) is 6.17. The summed E-state index contributed by atoms with van der Waals surface area (Å²) in [5.74, 6) is 0.206. The van der Waals surface area contributed by atoms with Crippen molar-refractivity contribution in [3.63, 3.8) is 0 Å². The molecule has 4 rings (SSSR count). The lowest BCUT2D eigenvalue weighted by atomic mass is 10.1. The Morgan fingerprint density at radius 1 is 1.20 bits per heavy atom. The van der Waals surface area contributed by atoms with Gasteiger partial charge in [-0.3, -0.25) is 0 Å². The van der Waals surface area contributed by atoms with Crippen LogP contribution in [0.15, 0.2) is 54.6 Å². The summed E-state index contributed by atoms with van der Waals surface area (Å²) in [6, 6.07) is 17.0. The van der Waals surface area contributed by atoms with Gasteiger partial charge in [0.25, 0.3) is 0 Å². The second kappa shape index (κ2) is 8.99. The fourth-order valence-electron chi connectivity index (χ4n) is 2.86. The van der Waals surface area contributed by atoms with E-state index in [4.69, 9.17) is 16.3 Å². The molecule has 0 saturated heterocycles. The number of benzene rings is 2. The van der Waals surface area contributed by atoms with Crippen molar-refractivity contribution in [2.45, 2.75) is 6.92 Å². The molecule has 2 aromatic heterocycles. The van der Waals surface area contributed by atoms with Crippen molar-refractivity contribution in [2.75, 3.05) is 12.2 Å². The monoisotopic (exact) mass is 456 g/mol. The Morgan fingerprint density at radius 3 is 2.80 bits per heavy atom. The molecule has 9 heteroatoms. The lowest BCUT2D eigenvalue weighted by molar-refractivity contribution is 0.0572. The molecule has 30 heavy (non-hydrogen) atoms. The summed E-state index contributed by atoms with van der Waals surface area (Å²) in [4.78, 5) is 17.1. The summed E-state index contributed by atoms with van der Waals surface area (Å²) in [6.07, 6.45) is 1.85. The van der Waals surface area contributed by atoms with Crippen molar-refractivity contribution in [2.24, 2.45) is 0 Å². The third kappa shape index (κ3) is 4.26. The third-order valence-corrected chi connectivity index (χ3v) is 5.66. The SMILES string of the molecule is CSCOC(=O)c1cc(-c2nsc(-c3cccc(C)c3)n2)n(-c2ccccc2Cl)n1. The molecule has 4 aromatic rings. The zero-order chi connectivity index (χ0) is 21.1. The smallest absolute Gasteiger partial charge is 0.359 e. The van der Waals surface area contributed by atoms with Crippen molar-refractivity contribution >= 4 is 40.9 Å². The number of halogens is 1. The van der Waals surface area contributed by atoms with Gasteiger partial charge in [-0.1, -0.05) is 47.5 Å². The molecule has 152 valence electrons. The Hall–Kier alpha value is -2.68. The first-order valence-corrected chi connectivity index (χ1v) is 11.5. The van der Waals surface area contributed by atoms with E-state index in [2.05, 4.69) is 20.5 Å². The molecule has 6 nitrogen and oxygen atoms in total. The molecule has 0 N–H and O–H groups in total. The molecule has 0 aliphatic rings. The van der Waals surface area contributed by atoms with Crippen molar-refractivity contribution in [3.05, 3.63) is 70.9 Å². The number of aryl methyl sites for hydroxylation is 1. The van der Waals surface area contributed by atoms with E-state index in [9.17, 15) is 4.79 Å². The van der Waals surface area contributed by atoms with Crippen LogP contribution in [0.4, 0.5) is 0 Å². The molecule has 0 aliphatic carbocycles. The first-order valence-electron chi connectivity index (χ1n) is 8.99. The second-order valence-corrected chi connectivity index (χ2v) is 8.38. The van der Waals surface area contributed by atoms with Crippen LogP contribution in [0.5, 0.6) is 0 Å². The number of carbonyl (C=O) groups excluding carboxylic acids is 1. The van der Waals surface area contributed by atoms with Crippen LogP contribution >= 0.6 is 34.9 Å². The number of ether oxygens (including phenoxy) is 1. The quantitative estimate of drug-likeness (QED) is 0.282. The molecule has 0 atom stereocenters. The number of nitrogens with zero attached hydrogens (tertiary/aromatic N) is 4. The number of hydrogen-bond acceptors (Lipinski definition) is 7. The molecule has 0 spiro atoms. The van der Waals surface area contributed by atoms with Gasteiger partial charge >= 0.3 is 5.97 Å². The van der Waals surface area contributed by atoms with Crippen LogP contribution in [0.25, 0.3) is 27.8 Å². The topological polar surface area (TPSA) is 69.9 Å². The minimum atomic E-state index is -0.509. The van der Waals surface area contributed by atoms with Crippen LogP contribution in [0.3, 0.4) is 0 Å². The van der Waals surface area contributed by atoms with E-state index in [1.165, 1.54) is 23.3 Å². The number of carbonyl (C=O) groups is 1. The summed E-state index contributed by atoms with van der Waals surface area (Å²) < 4.78 is 11.3. The maximum absolute atomic E-state index is 12.4. The summed E-state index contributed by atoms with van der Waals surface area (Å²) >= 11 is 9.09. The minimum Gasteiger partial charge on any atom is -0.450 e. The highest BCUT2D eigenvalue weighted by Crippen LogP contribution is 2.30. The van der Waals surface area contributed by atoms with Crippen LogP contribution in [0.2, 0.25) is 5.02 Å². The van der Waals surface area contributed by atoms with Gasteiger partial charge in [-0.05, 0) is 42.9 Å². The van der Waals surface area contributed by atoms with Crippen LogP contribution in [0, 0.1) is 6.92 Å². The van der Waals surface area contributed by atoms with Crippen LogP contribution in [0.1, 0.15) is 16.1 Å². The lowest BCUT2D eigenvalue weighted by Crippen LogP contribution is -2.07. The highest BCUT2D eigenvalue weighted by molar-refractivity contribution is 7.98. The number of aromatic nitrogens is 4. The number of para-hydroxylation sites is 1. The van der Waals surface area contributed by atoms with Gasteiger partial charge in [0.15, 0.2) is 11.5 Å². The van der Waals surface area contributed by atoms with E-state index in [1.807, 2.05) is 49.6 Å². The molecule has 0 aliphatic heterocycles. The predicted octanol–water partition coefficient (Wildman–Crippen LogP) is 5.50. The average molecular weight is 457 g/mol. The second-order valence-electron chi connectivity index (χ2n) is 6.41. The number of hydrogen-bond donors (Lipinski definition) is 0. The van der Waals surface area contributed by atoms with Crippen molar-refractivity contribution in [1.29, 1.82) is 0 Å². The maximum atomic E-state index is 12.4. The molecular weight excluding hydrogens is 440 g/mol. The molecular formula is C21H17ClN4O2S2. The Bertz CT molecular complexity index is 1210. The molecule has 0 amide bonds. The van der Waals surface area contributed by atoms with E-state index in [0.717, 1.165) is 16.1 Å². The lowest BCUT2D eigenvalue weighted by Gasteiger charge is -2.06. The highest BCUT2D eigenvalue weighted by Gasteiger charge is 2.22. The summed E-state index contributed by atoms with van der Waals surface area (Å²) in [5.41, 5.74) is 3.50. The zero-order valence-electron chi connectivity index (χ0n) is 16.2. The van der Waals surface area contributed by atoms with Crippen molar-refractivity contribution in [3.8, 4) is 27.8 Å². The number of rotatable bonds is 6. The van der Waals surface area contributed by atoms with E-state index in [1.54, 1.807) is 16.8 Å². The fraction of sp³-hybridized carbons (Fsp3) is 0.143. The molecule has 0 bridgehead atoms. The largest absolute Gasteiger partial charge is 0.450 e. The first-order chi connectivity index (χ1) is 14.6. The van der Waals surface area contributed by atoms with Gasteiger partial charge in [-0.15, -0.1) is 11.8 Å². The van der Waals surface area contributed by atoms with Crippen LogP contribution < -0.4 is 0 Å². The molecule has 0 unspecified atom stereocenters. The highest BCUT2D eigenvalue weighted by atomic mass is 35.5. The van der Waals surface area contributed by atoms with Gasteiger partial charge in [0.2, 0.25) is 0 Å². The van der Waals surface area contributed by atoms with E-state index < -0.39 is 5.97 Å². The normalized spacial score (nSPS) is 10.9. The summed E-state index contributed by atoms with van der Waals surface area (Å²) in [5, 5.41) is 5.72. The van der Waals surface area contributed by atoms with E-state index in [-0.39, 0.29) is 11.6 Å². The average Bonchev–Trinajstić information content (AvgIpc) is 3.40. The van der Waals surface area contributed by atoms with E-state index >= 15 is 0 Å². The molecule has 0 saturated carbocycles. The van der Waals surface area contributed by atoms with Gasteiger partial charge < -0.3 is 4.74 Å². The minimum absolute atomic E-state index is 0.172. The molecule has 2 aromatic carbocycles. The van der Waals surface area contributed by atoms with Gasteiger partial charge in [-0.25, -0.2) is 14.5 Å². The Labute approximate surface area is 187 Å². The molecule has 0 fully saturated rings. The van der Waals surface area contributed by atoms with Crippen molar-refractivity contribution in [1.82, 2.24) is 19.1 Å². The van der Waals surface area contributed by atoms with Gasteiger partial charge in [0.05, 0.1) is 10.7 Å². The van der Waals surface area contributed by atoms with Crippen LogP contribution in [-0.4, -0.2) is 37.3 Å². The number of thioether (sulfide) groups is 1. The van der Waals surface area contributed by atoms with Crippen LogP contribution in [-0.2, 0) is 4.74 Å². The van der Waals surface area contributed by atoms with Crippen molar-refractivity contribution < 1.29 is 9.53 Å². The molecule has 2 heterocycles. The van der Waals surface area contributed by atoms with Gasteiger partial charge in [-0.2, -0.15) is 9.47 Å². The van der Waals surface area contributed by atoms with Gasteiger partial charge in [0.1, 0.15) is 16.6 Å². The predicted molar refractivity (Wildman–Crippen MR) is 121 cm³/mol. The standard InChI is InChI=1S/C21H17ClN4O2S2/c1-13-6-5-7-14(10-13)20-23-19(25-30-20)18-11-16(21(27)28-12-29-2)24-26(18)17-9-4-3-8-15(17)22/h3-11H,12H2,1-2H3. The summed E-state index contributed by atoms with van der Waals surface area (Å²) in [7, 11) is 0. The number of esters is 1. The van der Waals surface area contributed by atoms with Gasteiger partial charge in [0, 0.05) is 11.6 Å². The maximum Gasteiger partial charge on any atom is 0.359 e. The Balaban J connectivity index is 1.79. The molecule has 0 radical (unpaired) electrons.